The molecule has 2 aromatic rings. The van der Waals surface area contributed by atoms with E-state index >= 15 is 0 Å². The highest BCUT2D eigenvalue weighted by atomic mass is 79.9. The highest BCUT2D eigenvalue weighted by molar-refractivity contribution is 9.10. The highest BCUT2D eigenvalue weighted by Crippen LogP contribution is 2.26. The standard InChI is InChI=1S/C14H13Br2ClN2/c1-18-14(13-5-4-11(16)8-19-13)6-9-2-3-10(15)7-12(9)17/h2-5,7-8,14,18H,6H2,1H3. The minimum atomic E-state index is 0.145. The van der Waals surface area contributed by atoms with Crippen LogP contribution in [-0.2, 0) is 6.42 Å². The maximum absolute atomic E-state index is 6.26. The smallest absolute Gasteiger partial charge is 0.0577 e. The molecule has 0 spiro atoms. The number of halogens is 3. The van der Waals surface area contributed by atoms with Crippen LogP contribution in [0.3, 0.4) is 0 Å². The van der Waals surface area contributed by atoms with E-state index in [1.165, 1.54) is 0 Å². The lowest BCUT2D eigenvalue weighted by atomic mass is 10.0. The van der Waals surface area contributed by atoms with Crippen molar-refractivity contribution in [3.8, 4) is 0 Å². The van der Waals surface area contributed by atoms with Crippen molar-refractivity contribution < 1.29 is 0 Å². The molecule has 0 aliphatic heterocycles. The highest BCUT2D eigenvalue weighted by Gasteiger charge is 2.13. The topological polar surface area (TPSA) is 24.9 Å². The summed E-state index contributed by atoms with van der Waals surface area (Å²) in [4.78, 5) is 4.43. The molecule has 1 unspecified atom stereocenters. The van der Waals surface area contributed by atoms with Gasteiger partial charge < -0.3 is 5.32 Å². The molecule has 1 aromatic carbocycles. The number of likely N-dealkylation sites (N-methyl/N-ethyl adjacent to an activating group) is 1. The first-order valence-corrected chi connectivity index (χ1v) is 7.79. The molecular formula is C14H13Br2ClN2. The third-order valence-electron chi connectivity index (χ3n) is 2.89. The molecule has 2 rings (SSSR count). The van der Waals surface area contributed by atoms with Crippen molar-refractivity contribution in [2.24, 2.45) is 0 Å². The van der Waals surface area contributed by atoms with Crippen molar-refractivity contribution in [1.82, 2.24) is 10.3 Å². The van der Waals surface area contributed by atoms with Crippen LogP contribution < -0.4 is 5.32 Å². The monoisotopic (exact) mass is 402 g/mol. The van der Waals surface area contributed by atoms with E-state index < -0.39 is 0 Å². The van der Waals surface area contributed by atoms with Crippen LogP contribution in [0, 0.1) is 0 Å². The predicted octanol–water partition coefficient (Wildman–Crippen LogP) is 4.76. The molecule has 0 fully saturated rings. The largest absolute Gasteiger partial charge is 0.311 e. The van der Waals surface area contributed by atoms with Gasteiger partial charge >= 0.3 is 0 Å². The Hall–Kier alpha value is -0.420. The molecule has 0 amide bonds. The van der Waals surface area contributed by atoms with E-state index in [1.807, 2.05) is 43.6 Å². The molecule has 2 nitrogen and oxygen atoms in total. The van der Waals surface area contributed by atoms with Gasteiger partial charge in [0.25, 0.3) is 0 Å². The molecule has 0 aliphatic rings. The zero-order chi connectivity index (χ0) is 13.8. The van der Waals surface area contributed by atoms with Crippen molar-refractivity contribution >= 4 is 43.5 Å². The first kappa shape index (κ1) is 15.0. The lowest BCUT2D eigenvalue weighted by Crippen LogP contribution is -2.20. The van der Waals surface area contributed by atoms with Gasteiger partial charge in [-0.1, -0.05) is 33.6 Å². The summed E-state index contributed by atoms with van der Waals surface area (Å²) in [5.74, 6) is 0. The summed E-state index contributed by atoms with van der Waals surface area (Å²) in [5, 5.41) is 4.05. The van der Waals surface area contributed by atoms with Gasteiger partial charge in [0.15, 0.2) is 0 Å². The van der Waals surface area contributed by atoms with Gasteiger partial charge in [0.2, 0.25) is 0 Å². The SMILES string of the molecule is CNC(Cc1ccc(Br)cc1Cl)c1ccc(Br)cn1. The second-order valence-electron chi connectivity index (χ2n) is 4.18. The lowest BCUT2D eigenvalue weighted by Gasteiger charge is -2.16. The Labute approximate surface area is 134 Å². The minimum absolute atomic E-state index is 0.145. The number of hydrogen-bond acceptors (Lipinski definition) is 2. The minimum Gasteiger partial charge on any atom is -0.311 e. The van der Waals surface area contributed by atoms with E-state index in [1.54, 1.807) is 0 Å². The van der Waals surface area contributed by atoms with Crippen molar-refractivity contribution in [2.45, 2.75) is 12.5 Å². The van der Waals surface area contributed by atoms with E-state index in [0.29, 0.717) is 0 Å². The Kier molecular flexibility index (Phi) is 5.39. The molecule has 1 N–H and O–H groups in total. The average molecular weight is 405 g/mol. The van der Waals surface area contributed by atoms with Gasteiger partial charge in [0.1, 0.15) is 0 Å². The molecule has 19 heavy (non-hydrogen) atoms. The van der Waals surface area contributed by atoms with Gasteiger partial charge in [0.05, 0.1) is 11.7 Å². The molecule has 1 atom stereocenters. The molecule has 1 aromatic heterocycles. The molecular weight excluding hydrogens is 391 g/mol. The van der Waals surface area contributed by atoms with Crippen LogP contribution in [0.2, 0.25) is 5.02 Å². The molecule has 0 aliphatic carbocycles. The summed E-state index contributed by atoms with van der Waals surface area (Å²) in [6.07, 6.45) is 2.61. The van der Waals surface area contributed by atoms with Gasteiger partial charge in [0, 0.05) is 20.2 Å². The van der Waals surface area contributed by atoms with Crippen LogP contribution >= 0.6 is 43.5 Å². The summed E-state index contributed by atoms with van der Waals surface area (Å²) < 4.78 is 1.97. The van der Waals surface area contributed by atoms with Gasteiger partial charge in [-0.05, 0) is 59.2 Å². The van der Waals surface area contributed by atoms with Crippen LogP contribution in [0.4, 0.5) is 0 Å². The Bertz CT molecular complexity index is 558. The number of aromatic nitrogens is 1. The van der Waals surface area contributed by atoms with E-state index in [2.05, 4.69) is 42.2 Å². The molecule has 5 heteroatoms. The van der Waals surface area contributed by atoms with E-state index in [-0.39, 0.29) is 6.04 Å². The number of nitrogens with one attached hydrogen (secondary N) is 1. The second-order valence-corrected chi connectivity index (χ2v) is 6.42. The molecule has 0 bridgehead atoms. The second kappa shape index (κ2) is 6.84. The van der Waals surface area contributed by atoms with Gasteiger partial charge in [-0.15, -0.1) is 0 Å². The normalized spacial score (nSPS) is 12.4. The zero-order valence-electron chi connectivity index (χ0n) is 10.3. The summed E-state index contributed by atoms with van der Waals surface area (Å²) >= 11 is 13.1. The molecule has 0 saturated heterocycles. The van der Waals surface area contributed by atoms with Crippen LogP contribution in [0.25, 0.3) is 0 Å². The summed E-state index contributed by atoms with van der Waals surface area (Å²) in [6.45, 7) is 0. The van der Waals surface area contributed by atoms with Gasteiger partial charge in [-0.2, -0.15) is 0 Å². The van der Waals surface area contributed by atoms with E-state index in [0.717, 1.165) is 31.6 Å². The van der Waals surface area contributed by atoms with E-state index in [4.69, 9.17) is 11.6 Å². The Morgan fingerprint density at radius 2 is 1.95 bits per heavy atom. The van der Waals surface area contributed by atoms with Crippen LogP contribution in [0.1, 0.15) is 17.3 Å². The fourth-order valence-corrected chi connectivity index (χ4v) is 2.84. The maximum Gasteiger partial charge on any atom is 0.0577 e. The van der Waals surface area contributed by atoms with Crippen molar-refractivity contribution in [2.75, 3.05) is 7.05 Å². The summed E-state index contributed by atoms with van der Waals surface area (Å²) in [7, 11) is 1.93. The van der Waals surface area contributed by atoms with Crippen molar-refractivity contribution in [1.29, 1.82) is 0 Å². The fraction of sp³-hybridized carbons (Fsp3) is 0.214. The summed E-state index contributed by atoms with van der Waals surface area (Å²) in [6, 6.07) is 10.1. The fourth-order valence-electron chi connectivity index (χ4n) is 1.86. The number of pyridine rings is 1. The van der Waals surface area contributed by atoms with Crippen molar-refractivity contribution in [3.63, 3.8) is 0 Å². The first-order chi connectivity index (χ1) is 9.10. The average Bonchev–Trinajstić information content (AvgIpc) is 2.39. The Morgan fingerprint density at radius 1 is 1.21 bits per heavy atom. The Balaban J connectivity index is 2.21. The Morgan fingerprint density at radius 3 is 2.53 bits per heavy atom. The molecule has 100 valence electrons. The number of nitrogens with zero attached hydrogens (tertiary/aromatic N) is 1. The number of benzene rings is 1. The molecule has 0 radical (unpaired) electrons. The molecule has 0 saturated carbocycles. The first-order valence-electron chi connectivity index (χ1n) is 5.83. The maximum atomic E-state index is 6.26. The van der Waals surface area contributed by atoms with Crippen molar-refractivity contribution in [3.05, 3.63) is 61.8 Å². The van der Waals surface area contributed by atoms with E-state index in [9.17, 15) is 0 Å². The van der Waals surface area contributed by atoms with Gasteiger partial charge in [-0.3, -0.25) is 4.98 Å². The predicted molar refractivity (Wildman–Crippen MR) is 86.6 cm³/mol. The van der Waals surface area contributed by atoms with Crippen LogP contribution in [0.5, 0.6) is 0 Å². The quantitative estimate of drug-likeness (QED) is 0.795. The van der Waals surface area contributed by atoms with Crippen LogP contribution in [0.15, 0.2) is 45.5 Å². The third kappa shape index (κ3) is 4.02. The zero-order valence-corrected chi connectivity index (χ0v) is 14.3. The van der Waals surface area contributed by atoms with Crippen LogP contribution in [-0.4, -0.2) is 12.0 Å². The number of hydrogen-bond donors (Lipinski definition) is 1. The third-order valence-corrected chi connectivity index (χ3v) is 4.21. The lowest BCUT2D eigenvalue weighted by molar-refractivity contribution is 0.576. The number of rotatable bonds is 4. The van der Waals surface area contributed by atoms with Gasteiger partial charge in [-0.25, -0.2) is 0 Å². The summed E-state index contributed by atoms with van der Waals surface area (Å²) in [5.41, 5.74) is 2.11. The molecule has 1 heterocycles.